The Balaban J connectivity index is 2.20. The fourth-order valence-electron chi connectivity index (χ4n) is 3.17. The second-order valence-electron chi connectivity index (χ2n) is 5.43. The molecule has 0 spiro atoms. The molecular weight excluding hydrogens is 264 g/mol. The van der Waals surface area contributed by atoms with E-state index in [4.69, 9.17) is 4.74 Å². The minimum absolute atomic E-state index is 0.248. The zero-order valence-electron chi connectivity index (χ0n) is 12.2. The number of fused-ring (bicyclic) bond motifs is 3. The molecule has 2 aromatic rings. The summed E-state index contributed by atoms with van der Waals surface area (Å²) in [5, 5.41) is 10.3. The Morgan fingerprint density at radius 3 is 2.71 bits per heavy atom. The number of rotatable bonds is 2. The Labute approximate surface area is 124 Å². The van der Waals surface area contributed by atoms with Crippen LogP contribution in [0.15, 0.2) is 36.4 Å². The first kappa shape index (κ1) is 13.7. The van der Waals surface area contributed by atoms with Crippen LogP contribution in [0.2, 0.25) is 0 Å². The maximum Gasteiger partial charge on any atom is 0.312 e. The molecule has 1 aliphatic carbocycles. The van der Waals surface area contributed by atoms with Gasteiger partial charge in [-0.05, 0) is 48.1 Å². The molecule has 0 saturated carbocycles. The first-order chi connectivity index (χ1) is 10.1. The summed E-state index contributed by atoms with van der Waals surface area (Å²) in [6.07, 6.45) is 1.75. The molecule has 0 aliphatic heterocycles. The molecule has 0 fully saturated rings. The summed E-state index contributed by atoms with van der Waals surface area (Å²) < 4.78 is 4.86. The molecule has 1 aliphatic rings. The number of aromatic hydroxyl groups is 1. The van der Waals surface area contributed by atoms with Gasteiger partial charge in [-0.1, -0.05) is 30.3 Å². The Kier molecular flexibility index (Phi) is 3.42. The second kappa shape index (κ2) is 5.24. The highest BCUT2D eigenvalue weighted by atomic mass is 16.5. The zero-order chi connectivity index (χ0) is 15.0. The van der Waals surface area contributed by atoms with Gasteiger partial charge in [0.1, 0.15) is 5.75 Å². The van der Waals surface area contributed by atoms with Crippen LogP contribution in [0.3, 0.4) is 0 Å². The minimum atomic E-state index is -0.324. The first-order valence-electron chi connectivity index (χ1n) is 7.14. The number of carbonyl (C=O) groups is 1. The van der Waals surface area contributed by atoms with Gasteiger partial charge in [0.15, 0.2) is 0 Å². The lowest BCUT2D eigenvalue weighted by molar-refractivity contribution is -0.142. The van der Waals surface area contributed by atoms with Crippen molar-refractivity contribution in [1.29, 1.82) is 0 Å². The first-order valence-corrected chi connectivity index (χ1v) is 7.14. The van der Waals surface area contributed by atoms with Crippen LogP contribution in [-0.4, -0.2) is 18.2 Å². The van der Waals surface area contributed by atoms with Gasteiger partial charge >= 0.3 is 5.97 Å². The summed E-state index contributed by atoms with van der Waals surface area (Å²) in [7, 11) is 1.40. The molecule has 3 heteroatoms. The van der Waals surface area contributed by atoms with Crippen LogP contribution in [0.25, 0.3) is 11.1 Å². The number of aryl methyl sites for hydroxylation is 1. The molecular formula is C18H18O3. The number of phenolic OH excluding ortho intramolecular Hbond substituents is 1. The highest BCUT2D eigenvalue weighted by Crippen LogP contribution is 2.42. The summed E-state index contributed by atoms with van der Waals surface area (Å²) in [6, 6.07) is 11.6. The number of hydrogen-bond acceptors (Lipinski definition) is 3. The Hall–Kier alpha value is -2.29. The normalized spacial score (nSPS) is 14.0. The molecule has 0 saturated heterocycles. The fourth-order valence-corrected chi connectivity index (χ4v) is 3.17. The van der Waals surface area contributed by atoms with Crippen LogP contribution < -0.4 is 0 Å². The smallest absolute Gasteiger partial charge is 0.312 e. The van der Waals surface area contributed by atoms with E-state index in [9.17, 15) is 9.90 Å². The van der Waals surface area contributed by atoms with E-state index < -0.39 is 0 Å². The summed E-state index contributed by atoms with van der Waals surface area (Å²) in [5.41, 5.74) is 5.18. The van der Waals surface area contributed by atoms with E-state index in [0.29, 0.717) is 0 Å². The molecule has 0 amide bonds. The molecule has 0 radical (unpaired) electrons. The van der Waals surface area contributed by atoms with Crippen molar-refractivity contribution in [3.8, 4) is 16.9 Å². The number of carbonyl (C=O) groups excluding carboxylic acids is 1. The molecule has 2 aromatic carbocycles. The van der Waals surface area contributed by atoms with Crippen LogP contribution in [0, 0.1) is 0 Å². The van der Waals surface area contributed by atoms with Gasteiger partial charge in [0.2, 0.25) is 0 Å². The standard InChI is InChI=1S/C18H18O3/c1-11(18(20)21-2)13-9-10-16(19)17-14-6-4-3-5-12(14)7-8-15(13)17/h3-6,9-11,19H,7-8H2,1-2H3. The number of phenols is 1. The third-order valence-corrected chi connectivity index (χ3v) is 4.28. The van der Waals surface area contributed by atoms with Gasteiger partial charge in [-0.15, -0.1) is 0 Å². The Morgan fingerprint density at radius 1 is 1.19 bits per heavy atom. The van der Waals surface area contributed by atoms with Crippen LogP contribution in [0.5, 0.6) is 5.75 Å². The zero-order valence-corrected chi connectivity index (χ0v) is 12.2. The SMILES string of the molecule is COC(=O)C(C)c1ccc(O)c2c1CCc1ccccc1-2. The average molecular weight is 282 g/mol. The predicted octanol–water partition coefficient (Wildman–Crippen LogP) is 3.43. The van der Waals surface area contributed by atoms with Gasteiger partial charge in [0, 0.05) is 5.56 Å². The molecule has 108 valence electrons. The molecule has 21 heavy (non-hydrogen) atoms. The molecule has 1 N–H and O–H groups in total. The molecule has 0 heterocycles. The van der Waals surface area contributed by atoms with Crippen LogP contribution >= 0.6 is 0 Å². The highest BCUT2D eigenvalue weighted by molar-refractivity contribution is 5.84. The van der Waals surface area contributed by atoms with Crippen molar-refractivity contribution in [2.24, 2.45) is 0 Å². The van der Waals surface area contributed by atoms with Gasteiger partial charge in [0.25, 0.3) is 0 Å². The fraction of sp³-hybridized carbons (Fsp3) is 0.278. The quantitative estimate of drug-likeness (QED) is 0.858. The Morgan fingerprint density at radius 2 is 1.95 bits per heavy atom. The van der Waals surface area contributed by atoms with Crippen molar-refractivity contribution in [3.05, 3.63) is 53.1 Å². The summed E-state index contributed by atoms with van der Waals surface area (Å²) in [6.45, 7) is 1.85. The van der Waals surface area contributed by atoms with E-state index in [1.807, 2.05) is 31.2 Å². The van der Waals surface area contributed by atoms with Crippen molar-refractivity contribution in [3.63, 3.8) is 0 Å². The van der Waals surface area contributed by atoms with Gasteiger partial charge < -0.3 is 9.84 Å². The summed E-state index contributed by atoms with van der Waals surface area (Å²) in [4.78, 5) is 11.8. The van der Waals surface area contributed by atoms with Gasteiger partial charge in [-0.2, -0.15) is 0 Å². The van der Waals surface area contributed by atoms with Gasteiger partial charge in [-0.25, -0.2) is 0 Å². The van der Waals surface area contributed by atoms with Crippen LogP contribution in [-0.2, 0) is 22.4 Å². The molecule has 1 unspecified atom stereocenters. The molecule has 3 nitrogen and oxygen atoms in total. The third kappa shape index (κ3) is 2.19. The average Bonchev–Trinajstić information content (AvgIpc) is 2.53. The second-order valence-corrected chi connectivity index (χ2v) is 5.43. The lowest BCUT2D eigenvalue weighted by Crippen LogP contribution is -2.15. The molecule has 0 aromatic heterocycles. The lowest BCUT2D eigenvalue weighted by atomic mass is 9.80. The summed E-state index contributed by atoms with van der Waals surface area (Å²) >= 11 is 0. The van der Waals surface area contributed by atoms with Crippen molar-refractivity contribution in [1.82, 2.24) is 0 Å². The van der Waals surface area contributed by atoms with Crippen LogP contribution in [0.4, 0.5) is 0 Å². The van der Waals surface area contributed by atoms with Crippen molar-refractivity contribution >= 4 is 5.97 Å². The van der Waals surface area contributed by atoms with Gasteiger partial charge in [0.05, 0.1) is 13.0 Å². The largest absolute Gasteiger partial charge is 0.507 e. The van der Waals surface area contributed by atoms with E-state index in [-0.39, 0.29) is 17.6 Å². The monoisotopic (exact) mass is 282 g/mol. The number of benzene rings is 2. The van der Waals surface area contributed by atoms with E-state index in [1.165, 1.54) is 12.7 Å². The van der Waals surface area contributed by atoms with Crippen molar-refractivity contribution < 1.29 is 14.6 Å². The third-order valence-electron chi connectivity index (χ3n) is 4.28. The Bertz CT molecular complexity index is 704. The van der Waals surface area contributed by atoms with Crippen molar-refractivity contribution in [2.45, 2.75) is 25.7 Å². The number of hydrogen-bond donors (Lipinski definition) is 1. The van der Waals surface area contributed by atoms with E-state index in [0.717, 1.165) is 35.1 Å². The number of methoxy groups -OCH3 is 1. The summed E-state index contributed by atoms with van der Waals surface area (Å²) in [5.74, 6) is -0.297. The number of ether oxygens (including phenoxy) is 1. The lowest BCUT2D eigenvalue weighted by Gasteiger charge is -2.25. The maximum atomic E-state index is 11.8. The maximum absolute atomic E-state index is 11.8. The molecule has 3 rings (SSSR count). The molecule has 0 bridgehead atoms. The molecule has 1 atom stereocenters. The highest BCUT2D eigenvalue weighted by Gasteiger charge is 2.26. The topological polar surface area (TPSA) is 46.5 Å². The van der Waals surface area contributed by atoms with Gasteiger partial charge in [-0.3, -0.25) is 4.79 Å². The van der Waals surface area contributed by atoms with E-state index in [1.54, 1.807) is 6.07 Å². The predicted molar refractivity (Wildman–Crippen MR) is 81.4 cm³/mol. The van der Waals surface area contributed by atoms with Crippen LogP contribution in [0.1, 0.15) is 29.5 Å². The van der Waals surface area contributed by atoms with Crippen molar-refractivity contribution in [2.75, 3.05) is 7.11 Å². The minimum Gasteiger partial charge on any atom is -0.507 e. The number of esters is 1. The van der Waals surface area contributed by atoms with E-state index >= 15 is 0 Å². The van der Waals surface area contributed by atoms with E-state index in [2.05, 4.69) is 6.07 Å².